The van der Waals surface area contributed by atoms with Gasteiger partial charge < -0.3 is 10.2 Å². The molecule has 0 heterocycles. The maximum absolute atomic E-state index is 13.9. The van der Waals surface area contributed by atoms with E-state index in [1.165, 1.54) is 29.2 Å². The van der Waals surface area contributed by atoms with Gasteiger partial charge in [0.2, 0.25) is 11.8 Å². The van der Waals surface area contributed by atoms with Crippen molar-refractivity contribution < 1.29 is 18.0 Å². The molecule has 0 unspecified atom stereocenters. The van der Waals surface area contributed by atoms with Crippen molar-refractivity contribution in [3.63, 3.8) is 0 Å². The van der Waals surface area contributed by atoms with Crippen LogP contribution in [0.15, 0.2) is 77.7 Å². The first-order valence-corrected chi connectivity index (χ1v) is 14.7. The highest BCUT2D eigenvalue weighted by atomic mass is 35.5. The molecule has 9 heteroatoms. The lowest BCUT2D eigenvalue weighted by molar-refractivity contribution is -0.139. The number of halogens is 1. The molecule has 1 N–H and O–H groups in total. The van der Waals surface area contributed by atoms with Gasteiger partial charge in [0.25, 0.3) is 10.0 Å². The molecular weight excluding hydrogens is 534 g/mol. The van der Waals surface area contributed by atoms with Crippen LogP contribution < -0.4 is 9.62 Å². The van der Waals surface area contributed by atoms with E-state index < -0.39 is 28.5 Å². The lowest BCUT2D eigenvalue weighted by atomic mass is 10.1. The molecule has 39 heavy (non-hydrogen) atoms. The van der Waals surface area contributed by atoms with E-state index in [0.717, 1.165) is 27.4 Å². The van der Waals surface area contributed by atoms with Crippen LogP contribution in [0.3, 0.4) is 0 Å². The van der Waals surface area contributed by atoms with Crippen molar-refractivity contribution in [2.45, 2.75) is 64.6 Å². The van der Waals surface area contributed by atoms with Crippen LogP contribution >= 0.6 is 11.6 Å². The van der Waals surface area contributed by atoms with Crippen LogP contribution in [0.5, 0.6) is 0 Å². The Kier molecular flexibility index (Phi) is 10.2. The summed E-state index contributed by atoms with van der Waals surface area (Å²) in [5.74, 6) is -0.797. The van der Waals surface area contributed by atoms with E-state index in [2.05, 4.69) is 5.32 Å². The molecule has 3 aromatic rings. The molecule has 0 radical (unpaired) electrons. The third-order valence-corrected chi connectivity index (χ3v) is 8.65. The minimum atomic E-state index is -4.13. The minimum Gasteiger partial charge on any atom is -0.352 e. The fourth-order valence-electron chi connectivity index (χ4n) is 4.03. The predicted molar refractivity (Wildman–Crippen MR) is 156 cm³/mol. The number of carbonyl (C=O) groups is 2. The van der Waals surface area contributed by atoms with Gasteiger partial charge in [0.15, 0.2) is 0 Å². The van der Waals surface area contributed by atoms with Gasteiger partial charge in [0.05, 0.1) is 10.6 Å². The smallest absolute Gasteiger partial charge is 0.264 e. The van der Waals surface area contributed by atoms with E-state index in [4.69, 9.17) is 11.6 Å². The highest BCUT2D eigenvalue weighted by Crippen LogP contribution is 2.26. The Balaban J connectivity index is 2.02. The fraction of sp³-hybridized carbons (Fsp3) is 0.333. The summed E-state index contributed by atoms with van der Waals surface area (Å²) in [7, 11) is -4.13. The monoisotopic (exact) mass is 569 g/mol. The standard InChI is InChI=1S/C30H36ClN3O4S/c1-6-23(4)32-30(36)24(5)33(19-25-9-7-8-22(3)18-25)29(35)20-34(27-14-10-21(2)11-15-27)39(37,38)28-16-12-26(31)13-17-28/h7-18,23-24H,6,19-20H2,1-5H3,(H,32,36)/t23-,24+/m1/s1. The van der Waals surface area contributed by atoms with Gasteiger partial charge in [0, 0.05) is 17.6 Å². The summed E-state index contributed by atoms with van der Waals surface area (Å²) in [5, 5.41) is 3.34. The number of nitrogens with one attached hydrogen (secondary N) is 1. The molecule has 7 nitrogen and oxygen atoms in total. The first-order chi connectivity index (χ1) is 18.4. The van der Waals surface area contributed by atoms with Crippen molar-refractivity contribution in [3.8, 4) is 0 Å². The third kappa shape index (κ3) is 7.83. The van der Waals surface area contributed by atoms with E-state index in [1.807, 2.05) is 52.0 Å². The predicted octanol–water partition coefficient (Wildman–Crippen LogP) is 5.48. The van der Waals surface area contributed by atoms with E-state index in [1.54, 1.807) is 31.2 Å². The summed E-state index contributed by atoms with van der Waals surface area (Å²) < 4.78 is 28.7. The van der Waals surface area contributed by atoms with Crippen molar-refractivity contribution >= 4 is 39.1 Å². The number of amides is 2. The molecule has 0 spiro atoms. The van der Waals surface area contributed by atoms with Gasteiger partial charge in [-0.2, -0.15) is 0 Å². The molecule has 0 aliphatic rings. The van der Waals surface area contributed by atoms with E-state index in [0.29, 0.717) is 10.7 Å². The minimum absolute atomic E-state index is 0.00747. The molecule has 0 saturated carbocycles. The van der Waals surface area contributed by atoms with Crippen LogP contribution in [0.4, 0.5) is 5.69 Å². The first kappa shape index (κ1) is 30.2. The zero-order chi connectivity index (χ0) is 28.7. The molecule has 0 aliphatic heterocycles. The summed E-state index contributed by atoms with van der Waals surface area (Å²) in [6.45, 7) is 9.04. The SMILES string of the molecule is CC[C@@H](C)NC(=O)[C@H](C)N(Cc1cccc(C)c1)C(=O)CN(c1ccc(C)cc1)S(=O)(=O)c1ccc(Cl)cc1. The van der Waals surface area contributed by atoms with Crippen molar-refractivity contribution in [1.29, 1.82) is 0 Å². The van der Waals surface area contributed by atoms with Crippen LogP contribution in [0.1, 0.15) is 43.9 Å². The molecule has 0 saturated heterocycles. The van der Waals surface area contributed by atoms with Crippen LogP contribution in [-0.2, 0) is 26.2 Å². The number of hydrogen-bond acceptors (Lipinski definition) is 4. The number of anilines is 1. The van der Waals surface area contributed by atoms with Gasteiger partial charge in [-0.15, -0.1) is 0 Å². The number of sulfonamides is 1. The maximum atomic E-state index is 13.9. The number of benzene rings is 3. The molecular formula is C30H36ClN3O4S. The van der Waals surface area contributed by atoms with Gasteiger partial charge in [-0.05, 0) is 76.1 Å². The van der Waals surface area contributed by atoms with Crippen LogP contribution in [0.2, 0.25) is 5.02 Å². The summed E-state index contributed by atoms with van der Waals surface area (Å²) in [4.78, 5) is 28.5. The normalized spacial score (nSPS) is 12.9. The molecule has 2 amide bonds. The van der Waals surface area contributed by atoms with E-state index >= 15 is 0 Å². The number of hydrogen-bond donors (Lipinski definition) is 1. The van der Waals surface area contributed by atoms with E-state index in [-0.39, 0.29) is 23.4 Å². The number of nitrogens with zero attached hydrogens (tertiary/aromatic N) is 2. The number of rotatable bonds is 11. The highest BCUT2D eigenvalue weighted by molar-refractivity contribution is 7.92. The quantitative estimate of drug-likeness (QED) is 0.331. The summed E-state index contributed by atoms with van der Waals surface area (Å²) >= 11 is 5.99. The lowest BCUT2D eigenvalue weighted by Crippen LogP contribution is -2.52. The Morgan fingerprint density at radius 2 is 1.56 bits per heavy atom. The molecule has 2 atom stereocenters. The van der Waals surface area contributed by atoms with E-state index in [9.17, 15) is 18.0 Å². The average molecular weight is 570 g/mol. The van der Waals surface area contributed by atoms with Crippen molar-refractivity contribution in [2.24, 2.45) is 0 Å². The Hall–Kier alpha value is -3.36. The summed E-state index contributed by atoms with van der Waals surface area (Å²) in [6, 6.07) is 19.5. The topological polar surface area (TPSA) is 86.8 Å². The summed E-state index contributed by atoms with van der Waals surface area (Å²) in [5.41, 5.74) is 3.15. The van der Waals surface area contributed by atoms with Gasteiger partial charge in [-0.3, -0.25) is 13.9 Å². The molecule has 0 fully saturated rings. The largest absolute Gasteiger partial charge is 0.352 e. The third-order valence-electron chi connectivity index (χ3n) is 6.61. The average Bonchev–Trinajstić information content (AvgIpc) is 2.90. The molecule has 3 aromatic carbocycles. The van der Waals surface area contributed by atoms with Crippen molar-refractivity contribution in [3.05, 3.63) is 94.5 Å². The lowest BCUT2D eigenvalue weighted by Gasteiger charge is -2.32. The fourth-order valence-corrected chi connectivity index (χ4v) is 5.57. The van der Waals surface area contributed by atoms with Crippen LogP contribution in [0.25, 0.3) is 0 Å². The molecule has 0 aromatic heterocycles. The molecule has 0 bridgehead atoms. The Morgan fingerprint density at radius 3 is 2.15 bits per heavy atom. The second-order valence-corrected chi connectivity index (χ2v) is 12.1. The zero-order valence-electron chi connectivity index (χ0n) is 23.0. The molecule has 208 valence electrons. The Morgan fingerprint density at radius 1 is 0.923 bits per heavy atom. The zero-order valence-corrected chi connectivity index (χ0v) is 24.6. The number of carbonyl (C=O) groups excluding carboxylic acids is 2. The van der Waals surface area contributed by atoms with Crippen LogP contribution in [0, 0.1) is 13.8 Å². The van der Waals surface area contributed by atoms with Gasteiger partial charge in [-0.1, -0.05) is 66.0 Å². The van der Waals surface area contributed by atoms with Gasteiger partial charge in [0.1, 0.15) is 12.6 Å². The second-order valence-electron chi connectivity index (χ2n) is 9.81. The summed E-state index contributed by atoms with van der Waals surface area (Å²) in [6.07, 6.45) is 0.741. The van der Waals surface area contributed by atoms with Gasteiger partial charge in [-0.25, -0.2) is 8.42 Å². The van der Waals surface area contributed by atoms with Crippen LogP contribution in [-0.4, -0.2) is 43.8 Å². The Bertz CT molecular complexity index is 1390. The number of aryl methyl sites for hydroxylation is 2. The second kappa shape index (κ2) is 13.1. The maximum Gasteiger partial charge on any atom is 0.264 e. The van der Waals surface area contributed by atoms with Crippen molar-refractivity contribution in [2.75, 3.05) is 10.8 Å². The van der Waals surface area contributed by atoms with Gasteiger partial charge >= 0.3 is 0 Å². The molecule has 0 aliphatic carbocycles. The first-order valence-electron chi connectivity index (χ1n) is 12.9. The Labute approximate surface area is 236 Å². The van der Waals surface area contributed by atoms with Crippen molar-refractivity contribution in [1.82, 2.24) is 10.2 Å². The highest BCUT2D eigenvalue weighted by Gasteiger charge is 2.32. The molecule has 3 rings (SSSR count).